The van der Waals surface area contributed by atoms with Gasteiger partial charge in [-0.05, 0) is 12.1 Å². The Bertz CT molecular complexity index is 498. The van der Waals surface area contributed by atoms with E-state index >= 15 is 0 Å². The number of nitrogen functional groups attached to an aromatic ring is 1. The number of anilines is 1. The topological polar surface area (TPSA) is 75.6 Å². The zero-order chi connectivity index (χ0) is 9.97. The fraction of sp³-hybridized carbons (Fsp3) is 0. The summed E-state index contributed by atoms with van der Waals surface area (Å²) in [6.07, 6.45) is 0. The molecule has 0 unspecified atom stereocenters. The van der Waals surface area contributed by atoms with Gasteiger partial charge >= 0.3 is 0 Å². The molecule has 0 radical (unpaired) electrons. The first-order valence-electron chi connectivity index (χ1n) is 3.90. The van der Waals surface area contributed by atoms with Gasteiger partial charge in [0.1, 0.15) is 5.69 Å². The van der Waals surface area contributed by atoms with Crippen molar-refractivity contribution in [1.82, 2.24) is 8.75 Å². The maximum absolute atomic E-state index is 8.71. The summed E-state index contributed by atoms with van der Waals surface area (Å²) in [6, 6.07) is 9.20. The van der Waals surface area contributed by atoms with Crippen molar-refractivity contribution >= 4 is 17.5 Å². The van der Waals surface area contributed by atoms with Crippen LogP contribution in [0.25, 0.3) is 11.3 Å². The minimum absolute atomic E-state index is 0.407. The lowest BCUT2D eigenvalue weighted by Crippen LogP contribution is -1.88. The van der Waals surface area contributed by atoms with Gasteiger partial charge in [-0.1, -0.05) is 12.1 Å². The molecular formula is C9H6N4S. The summed E-state index contributed by atoms with van der Waals surface area (Å²) in [7, 11) is 0. The highest BCUT2D eigenvalue weighted by molar-refractivity contribution is 6.99. The van der Waals surface area contributed by atoms with E-state index in [1.165, 1.54) is 0 Å². The highest BCUT2D eigenvalue weighted by atomic mass is 32.1. The third-order valence-electron chi connectivity index (χ3n) is 1.78. The summed E-state index contributed by atoms with van der Waals surface area (Å²) < 4.78 is 7.93. The van der Waals surface area contributed by atoms with Gasteiger partial charge in [-0.25, -0.2) is 0 Å². The lowest BCUT2D eigenvalue weighted by Gasteiger charge is -1.96. The fourth-order valence-corrected chi connectivity index (χ4v) is 1.63. The van der Waals surface area contributed by atoms with Gasteiger partial charge in [-0.15, -0.1) is 0 Å². The van der Waals surface area contributed by atoms with Crippen LogP contribution in [0.3, 0.4) is 0 Å². The molecule has 2 rings (SSSR count). The van der Waals surface area contributed by atoms with E-state index in [4.69, 9.17) is 11.0 Å². The number of rotatable bonds is 1. The van der Waals surface area contributed by atoms with E-state index in [9.17, 15) is 0 Å². The van der Waals surface area contributed by atoms with E-state index in [1.807, 2.05) is 6.07 Å². The number of hydrogen-bond donors (Lipinski definition) is 1. The van der Waals surface area contributed by atoms with Gasteiger partial charge in [0.15, 0.2) is 5.82 Å². The van der Waals surface area contributed by atoms with Crippen molar-refractivity contribution in [3.8, 4) is 17.3 Å². The summed E-state index contributed by atoms with van der Waals surface area (Å²) in [5, 5.41) is 8.71. The molecule has 0 amide bonds. The molecule has 0 bridgehead atoms. The molecule has 2 aromatic rings. The smallest absolute Gasteiger partial charge is 0.165 e. The Morgan fingerprint density at radius 3 is 2.86 bits per heavy atom. The molecular weight excluding hydrogens is 196 g/mol. The second-order valence-corrected chi connectivity index (χ2v) is 3.22. The first kappa shape index (κ1) is 8.66. The van der Waals surface area contributed by atoms with E-state index < -0.39 is 0 Å². The van der Waals surface area contributed by atoms with Gasteiger partial charge in [-0.3, -0.25) is 0 Å². The van der Waals surface area contributed by atoms with Gasteiger partial charge in [0.2, 0.25) is 0 Å². The molecule has 0 aliphatic carbocycles. The molecule has 0 aliphatic rings. The standard InChI is InChI=1S/C9H6N4S/c10-5-6-2-1-3-7(4-6)8-9(11)13-14-12-8/h1-4H,(H2,11,13). The summed E-state index contributed by atoms with van der Waals surface area (Å²) in [5.74, 6) is 0.407. The molecule has 2 N–H and O–H groups in total. The Balaban J connectivity index is 2.53. The predicted octanol–water partition coefficient (Wildman–Crippen LogP) is 1.66. The second-order valence-electron chi connectivity index (χ2n) is 2.69. The van der Waals surface area contributed by atoms with Gasteiger partial charge < -0.3 is 5.73 Å². The minimum atomic E-state index is 0.407. The summed E-state index contributed by atoms with van der Waals surface area (Å²) in [5.41, 5.74) is 7.68. The van der Waals surface area contributed by atoms with Gasteiger partial charge in [0.25, 0.3) is 0 Å². The van der Waals surface area contributed by atoms with Crippen LogP contribution in [-0.4, -0.2) is 8.75 Å². The zero-order valence-electron chi connectivity index (χ0n) is 7.14. The van der Waals surface area contributed by atoms with Crippen molar-refractivity contribution in [2.75, 3.05) is 5.73 Å². The first-order chi connectivity index (χ1) is 6.81. The van der Waals surface area contributed by atoms with Crippen LogP contribution >= 0.6 is 11.7 Å². The Hall–Kier alpha value is -1.93. The van der Waals surface area contributed by atoms with Crippen molar-refractivity contribution in [3.05, 3.63) is 29.8 Å². The molecule has 0 aliphatic heterocycles. The van der Waals surface area contributed by atoms with E-state index in [1.54, 1.807) is 18.2 Å². The monoisotopic (exact) mass is 202 g/mol. The largest absolute Gasteiger partial charge is 0.381 e. The van der Waals surface area contributed by atoms with Crippen LogP contribution in [0.1, 0.15) is 5.56 Å². The molecule has 0 fully saturated rings. The van der Waals surface area contributed by atoms with Crippen LogP contribution in [0.15, 0.2) is 24.3 Å². The quantitative estimate of drug-likeness (QED) is 0.763. The molecule has 4 nitrogen and oxygen atoms in total. The van der Waals surface area contributed by atoms with Crippen molar-refractivity contribution in [2.45, 2.75) is 0 Å². The lowest BCUT2D eigenvalue weighted by molar-refractivity contribution is 1.46. The van der Waals surface area contributed by atoms with Crippen LogP contribution in [0.5, 0.6) is 0 Å². The molecule has 0 saturated carbocycles. The predicted molar refractivity (Wildman–Crippen MR) is 54.5 cm³/mol. The number of aromatic nitrogens is 2. The molecule has 1 heterocycles. The van der Waals surface area contributed by atoms with Gasteiger partial charge in [0, 0.05) is 5.56 Å². The average molecular weight is 202 g/mol. The van der Waals surface area contributed by atoms with Crippen LogP contribution in [-0.2, 0) is 0 Å². The summed E-state index contributed by atoms with van der Waals surface area (Å²) in [6.45, 7) is 0. The third kappa shape index (κ3) is 1.43. The van der Waals surface area contributed by atoms with Crippen LogP contribution in [0.4, 0.5) is 5.82 Å². The SMILES string of the molecule is N#Cc1cccc(-c2nsnc2N)c1. The highest BCUT2D eigenvalue weighted by Crippen LogP contribution is 2.23. The van der Waals surface area contributed by atoms with Crippen molar-refractivity contribution in [1.29, 1.82) is 5.26 Å². The highest BCUT2D eigenvalue weighted by Gasteiger charge is 2.07. The van der Waals surface area contributed by atoms with Gasteiger partial charge in [0.05, 0.1) is 23.4 Å². The van der Waals surface area contributed by atoms with Crippen molar-refractivity contribution < 1.29 is 0 Å². The molecule has 1 aromatic heterocycles. The maximum Gasteiger partial charge on any atom is 0.165 e. The normalized spacial score (nSPS) is 9.64. The Kier molecular flexibility index (Phi) is 2.13. The maximum atomic E-state index is 8.71. The Labute approximate surface area is 84.9 Å². The van der Waals surface area contributed by atoms with Crippen molar-refractivity contribution in [2.24, 2.45) is 0 Å². The molecule has 0 atom stereocenters. The number of benzene rings is 1. The van der Waals surface area contributed by atoms with E-state index in [-0.39, 0.29) is 0 Å². The fourth-order valence-electron chi connectivity index (χ4n) is 1.13. The van der Waals surface area contributed by atoms with Crippen LogP contribution in [0.2, 0.25) is 0 Å². The molecule has 5 heteroatoms. The number of hydrogen-bond acceptors (Lipinski definition) is 5. The van der Waals surface area contributed by atoms with Crippen molar-refractivity contribution in [3.63, 3.8) is 0 Å². The Morgan fingerprint density at radius 2 is 2.21 bits per heavy atom. The number of nitrogens with two attached hydrogens (primary N) is 1. The molecule has 68 valence electrons. The lowest BCUT2D eigenvalue weighted by atomic mass is 10.1. The third-order valence-corrected chi connectivity index (χ3v) is 2.32. The number of nitrogens with zero attached hydrogens (tertiary/aromatic N) is 3. The first-order valence-corrected chi connectivity index (χ1v) is 4.63. The molecule has 0 saturated heterocycles. The molecule has 1 aromatic carbocycles. The minimum Gasteiger partial charge on any atom is -0.381 e. The summed E-state index contributed by atoms with van der Waals surface area (Å²) in [4.78, 5) is 0. The Morgan fingerprint density at radius 1 is 1.36 bits per heavy atom. The van der Waals surface area contributed by atoms with E-state index in [0.29, 0.717) is 17.1 Å². The second kappa shape index (κ2) is 3.44. The number of nitriles is 1. The van der Waals surface area contributed by atoms with E-state index in [2.05, 4.69) is 14.8 Å². The van der Waals surface area contributed by atoms with Crippen LogP contribution < -0.4 is 5.73 Å². The van der Waals surface area contributed by atoms with E-state index in [0.717, 1.165) is 17.3 Å². The van der Waals surface area contributed by atoms with Crippen LogP contribution in [0, 0.1) is 11.3 Å². The van der Waals surface area contributed by atoms with Gasteiger partial charge in [-0.2, -0.15) is 14.0 Å². The molecule has 14 heavy (non-hydrogen) atoms. The summed E-state index contributed by atoms with van der Waals surface area (Å²) >= 11 is 1.07. The zero-order valence-corrected chi connectivity index (χ0v) is 7.95. The average Bonchev–Trinajstić information content (AvgIpc) is 2.65. The molecule has 0 spiro atoms.